The number of hydrogen-bond acceptors (Lipinski definition) is 7. The molecule has 0 saturated heterocycles. The Morgan fingerprint density at radius 2 is 1.60 bits per heavy atom. The van der Waals surface area contributed by atoms with Gasteiger partial charge in [0.25, 0.3) is 0 Å². The van der Waals surface area contributed by atoms with Gasteiger partial charge in [-0.1, -0.05) is 20.3 Å². The molecule has 0 radical (unpaired) electrons. The summed E-state index contributed by atoms with van der Waals surface area (Å²) in [5.41, 5.74) is 10.5. The number of carbonyl (C=O) groups is 5. The van der Waals surface area contributed by atoms with Crippen LogP contribution in [0.25, 0.3) is 0 Å². The molecular weight excluding hydrogens is 414 g/mol. The fraction of sp³-hybridized carbons (Fsp3) is 0.722. The summed E-state index contributed by atoms with van der Waals surface area (Å²) in [6.45, 7) is 4.97. The first-order valence-corrected chi connectivity index (χ1v) is 11.0. The van der Waals surface area contributed by atoms with E-state index in [1.807, 2.05) is 13.2 Å². The van der Waals surface area contributed by atoms with Gasteiger partial charge < -0.3 is 32.5 Å². The lowest BCUT2D eigenvalue weighted by Crippen LogP contribution is -2.58. The zero-order chi connectivity index (χ0) is 23.4. The molecule has 0 saturated carbocycles. The largest absolute Gasteiger partial charge is 0.480 e. The van der Waals surface area contributed by atoms with E-state index < -0.39 is 53.8 Å². The number of nitrogens with two attached hydrogens (primary N) is 2. The Bertz CT molecular complexity index is 632. The number of carboxylic acid groups (broad SMARTS) is 1. The van der Waals surface area contributed by atoms with Gasteiger partial charge in [-0.25, -0.2) is 4.79 Å². The molecule has 0 aromatic rings. The summed E-state index contributed by atoms with van der Waals surface area (Å²) < 4.78 is 0. The van der Waals surface area contributed by atoms with Crippen LogP contribution >= 0.6 is 11.8 Å². The van der Waals surface area contributed by atoms with Crippen molar-refractivity contribution < 1.29 is 29.1 Å². The van der Waals surface area contributed by atoms with E-state index in [9.17, 15) is 29.1 Å². The van der Waals surface area contributed by atoms with E-state index >= 15 is 0 Å². The smallest absolute Gasteiger partial charge is 0.326 e. The number of carboxylic acids is 1. The van der Waals surface area contributed by atoms with E-state index in [0.29, 0.717) is 12.2 Å². The lowest BCUT2D eigenvalue weighted by Gasteiger charge is -2.27. The van der Waals surface area contributed by atoms with E-state index in [1.165, 1.54) is 18.7 Å². The summed E-state index contributed by atoms with van der Waals surface area (Å²) in [5, 5.41) is 16.7. The lowest BCUT2D eigenvalue weighted by atomic mass is 9.97. The molecule has 0 aromatic heterocycles. The average Bonchev–Trinajstić information content (AvgIpc) is 2.67. The molecule has 0 aliphatic carbocycles. The molecule has 172 valence electrons. The Morgan fingerprint density at radius 3 is 2.07 bits per heavy atom. The van der Waals surface area contributed by atoms with Crippen LogP contribution in [0.3, 0.4) is 0 Å². The van der Waals surface area contributed by atoms with Crippen LogP contribution in [0, 0.1) is 5.92 Å². The molecule has 30 heavy (non-hydrogen) atoms. The van der Waals surface area contributed by atoms with Crippen LogP contribution in [0.5, 0.6) is 0 Å². The van der Waals surface area contributed by atoms with Gasteiger partial charge in [-0.3, -0.25) is 19.2 Å². The molecule has 0 aliphatic heterocycles. The summed E-state index contributed by atoms with van der Waals surface area (Å²) in [7, 11) is 0. The predicted molar refractivity (Wildman–Crippen MR) is 113 cm³/mol. The van der Waals surface area contributed by atoms with Crippen LogP contribution in [0.1, 0.15) is 40.0 Å². The SMILES string of the molecule is CCC(C)C(NC(=O)C(C)NC(=O)C(N)CC(N)=O)C(=O)NC(CCSC)C(=O)O. The Labute approximate surface area is 180 Å². The van der Waals surface area contributed by atoms with Crippen molar-refractivity contribution in [1.82, 2.24) is 16.0 Å². The van der Waals surface area contributed by atoms with Gasteiger partial charge in [-0.2, -0.15) is 11.8 Å². The fourth-order valence-corrected chi connectivity index (χ4v) is 2.90. The molecule has 0 aromatic carbocycles. The molecule has 0 bridgehead atoms. The van der Waals surface area contributed by atoms with Crippen LogP contribution < -0.4 is 27.4 Å². The molecule has 5 atom stereocenters. The molecule has 8 N–H and O–H groups in total. The van der Waals surface area contributed by atoms with Crippen molar-refractivity contribution in [2.45, 2.75) is 64.2 Å². The minimum atomic E-state index is -1.20. The van der Waals surface area contributed by atoms with Gasteiger partial charge in [-0.15, -0.1) is 0 Å². The van der Waals surface area contributed by atoms with Gasteiger partial charge in [0.2, 0.25) is 23.6 Å². The van der Waals surface area contributed by atoms with Crippen molar-refractivity contribution in [1.29, 1.82) is 0 Å². The molecule has 5 unspecified atom stereocenters. The van der Waals surface area contributed by atoms with Gasteiger partial charge in [-0.05, 0) is 31.3 Å². The highest BCUT2D eigenvalue weighted by Gasteiger charge is 2.31. The second-order valence-corrected chi connectivity index (χ2v) is 8.05. The van der Waals surface area contributed by atoms with Crippen LogP contribution in [0.15, 0.2) is 0 Å². The number of nitrogens with one attached hydrogen (secondary N) is 3. The average molecular weight is 448 g/mol. The number of rotatable bonds is 14. The monoisotopic (exact) mass is 447 g/mol. The quantitative estimate of drug-likeness (QED) is 0.186. The lowest BCUT2D eigenvalue weighted by molar-refractivity contribution is -0.142. The van der Waals surface area contributed by atoms with Crippen LogP contribution in [0.4, 0.5) is 0 Å². The summed E-state index contributed by atoms with van der Waals surface area (Å²) >= 11 is 1.46. The third-order valence-electron chi connectivity index (χ3n) is 4.53. The van der Waals surface area contributed by atoms with Gasteiger partial charge in [0.1, 0.15) is 18.1 Å². The Morgan fingerprint density at radius 1 is 1.00 bits per heavy atom. The second-order valence-electron chi connectivity index (χ2n) is 7.06. The van der Waals surface area contributed by atoms with Crippen molar-refractivity contribution in [2.75, 3.05) is 12.0 Å². The molecule has 0 heterocycles. The van der Waals surface area contributed by atoms with E-state index in [1.54, 1.807) is 6.92 Å². The summed E-state index contributed by atoms with van der Waals surface area (Å²) in [4.78, 5) is 59.4. The number of hydrogen-bond donors (Lipinski definition) is 6. The van der Waals surface area contributed by atoms with Crippen molar-refractivity contribution >= 4 is 41.4 Å². The molecule has 0 spiro atoms. The van der Waals surface area contributed by atoms with Crippen LogP contribution in [-0.2, 0) is 24.0 Å². The number of amides is 4. The van der Waals surface area contributed by atoms with Crippen molar-refractivity contribution in [3.63, 3.8) is 0 Å². The third-order valence-corrected chi connectivity index (χ3v) is 5.17. The Kier molecular flexibility index (Phi) is 12.7. The third kappa shape index (κ3) is 9.92. The Hall–Kier alpha value is -2.34. The molecule has 0 rings (SSSR count). The van der Waals surface area contributed by atoms with Gasteiger partial charge in [0.15, 0.2) is 0 Å². The highest BCUT2D eigenvalue weighted by molar-refractivity contribution is 7.98. The number of primary amides is 1. The Balaban J connectivity index is 5.12. The number of carbonyl (C=O) groups excluding carboxylic acids is 4. The van der Waals surface area contributed by atoms with Crippen molar-refractivity contribution in [2.24, 2.45) is 17.4 Å². The second kappa shape index (κ2) is 13.8. The van der Waals surface area contributed by atoms with E-state index in [0.717, 1.165) is 0 Å². The maximum atomic E-state index is 12.7. The van der Waals surface area contributed by atoms with Gasteiger partial charge in [0, 0.05) is 0 Å². The first-order chi connectivity index (χ1) is 13.9. The molecule has 0 aliphatic rings. The first kappa shape index (κ1) is 27.7. The molecule has 11 nitrogen and oxygen atoms in total. The number of thioether (sulfide) groups is 1. The highest BCUT2D eigenvalue weighted by atomic mass is 32.2. The minimum absolute atomic E-state index is 0.244. The predicted octanol–water partition coefficient (Wildman–Crippen LogP) is -1.45. The standard InChI is InChI=1S/C18H33N5O6S/c1-5-9(2)14(17(27)22-12(18(28)29)6-7-30-4)23-15(25)10(3)21-16(26)11(19)8-13(20)24/h9-12,14H,5-8,19H2,1-4H3,(H2,20,24)(H,21,26)(H,22,27)(H,23,25)(H,28,29). The normalized spacial score (nSPS) is 15.8. The van der Waals surface area contributed by atoms with E-state index in [2.05, 4.69) is 16.0 Å². The van der Waals surface area contributed by atoms with Crippen molar-refractivity contribution in [3.05, 3.63) is 0 Å². The van der Waals surface area contributed by atoms with Crippen LogP contribution in [0.2, 0.25) is 0 Å². The summed E-state index contributed by atoms with van der Waals surface area (Å²) in [6, 6.07) is -4.30. The van der Waals surface area contributed by atoms with Gasteiger partial charge >= 0.3 is 5.97 Å². The van der Waals surface area contributed by atoms with Crippen LogP contribution in [-0.4, -0.2) is 70.9 Å². The molecular formula is C18H33N5O6S. The first-order valence-electron chi connectivity index (χ1n) is 9.61. The summed E-state index contributed by atoms with van der Waals surface area (Å²) in [6.07, 6.45) is 2.25. The highest BCUT2D eigenvalue weighted by Crippen LogP contribution is 2.10. The molecule has 4 amide bonds. The van der Waals surface area contributed by atoms with E-state index in [4.69, 9.17) is 11.5 Å². The molecule has 0 fully saturated rings. The maximum absolute atomic E-state index is 12.7. The fourth-order valence-electron chi connectivity index (χ4n) is 2.43. The molecule has 12 heteroatoms. The number of aliphatic carboxylic acids is 1. The summed E-state index contributed by atoms with van der Waals surface area (Å²) in [5.74, 6) is -3.64. The van der Waals surface area contributed by atoms with Gasteiger partial charge in [0.05, 0.1) is 12.5 Å². The zero-order valence-corrected chi connectivity index (χ0v) is 18.6. The minimum Gasteiger partial charge on any atom is -0.480 e. The topological polar surface area (TPSA) is 194 Å². The zero-order valence-electron chi connectivity index (χ0n) is 17.8. The maximum Gasteiger partial charge on any atom is 0.326 e. The van der Waals surface area contributed by atoms with E-state index in [-0.39, 0.29) is 18.8 Å². The van der Waals surface area contributed by atoms with Crippen molar-refractivity contribution in [3.8, 4) is 0 Å².